The van der Waals surface area contributed by atoms with Gasteiger partial charge in [-0.2, -0.15) is 0 Å². The van der Waals surface area contributed by atoms with Crippen LogP contribution in [0.25, 0.3) is 0 Å². The Kier molecular flexibility index (Phi) is 16.0. The van der Waals surface area contributed by atoms with Crippen LogP contribution in [0.3, 0.4) is 0 Å². The van der Waals surface area contributed by atoms with Crippen LogP contribution in [0.2, 0.25) is 0 Å². The average Bonchev–Trinajstić information content (AvgIpc) is 2.65. The van der Waals surface area contributed by atoms with Gasteiger partial charge in [0.1, 0.15) is 0 Å². The molecule has 4 nitrogen and oxygen atoms in total. The molecule has 0 atom stereocenters. The molecule has 1 saturated heterocycles. The number of unbranched alkanes of at least 4 members (excludes halogenated alkanes) is 14. The fourth-order valence-corrected chi connectivity index (χ4v) is 3.57. The summed E-state index contributed by atoms with van der Waals surface area (Å²) in [4.78, 5) is 17.1. The summed E-state index contributed by atoms with van der Waals surface area (Å²) < 4.78 is 0. The molecule has 0 saturated carbocycles. The van der Waals surface area contributed by atoms with Gasteiger partial charge in [0.05, 0.1) is 0 Å². The van der Waals surface area contributed by atoms with Gasteiger partial charge in [0, 0.05) is 32.6 Å². The van der Waals surface area contributed by atoms with E-state index in [9.17, 15) is 4.79 Å². The van der Waals surface area contributed by atoms with E-state index in [4.69, 9.17) is 4.84 Å². The molecule has 0 unspecified atom stereocenters. The summed E-state index contributed by atoms with van der Waals surface area (Å²) in [6.45, 7) is 5.72. The van der Waals surface area contributed by atoms with Crippen molar-refractivity contribution in [1.29, 1.82) is 0 Å². The van der Waals surface area contributed by atoms with Gasteiger partial charge in [0.15, 0.2) is 0 Å². The molecule has 26 heavy (non-hydrogen) atoms. The van der Waals surface area contributed by atoms with Crippen LogP contribution >= 0.6 is 0 Å². The molecule has 1 heterocycles. The lowest BCUT2D eigenvalue weighted by atomic mass is 10.0. The second-order valence-corrected chi connectivity index (χ2v) is 7.84. The number of hydrogen-bond donors (Lipinski definition) is 1. The largest absolute Gasteiger partial charge is 0.368 e. The van der Waals surface area contributed by atoms with Gasteiger partial charge in [0.2, 0.25) is 0 Å². The minimum absolute atomic E-state index is 0.0541. The first-order valence-electron chi connectivity index (χ1n) is 11.5. The summed E-state index contributed by atoms with van der Waals surface area (Å²) in [6, 6.07) is 0. The summed E-state index contributed by atoms with van der Waals surface area (Å²) in [7, 11) is 0. The number of rotatable bonds is 17. The molecule has 1 aliphatic rings. The van der Waals surface area contributed by atoms with Crippen molar-refractivity contribution in [3.63, 3.8) is 0 Å². The van der Waals surface area contributed by atoms with Gasteiger partial charge in [-0.25, -0.2) is 0 Å². The summed E-state index contributed by atoms with van der Waals surface area (Å²) in [5.74, 6) is -0.0541. The van der Waals surface area contributed by atoms with Crippen LogP contribution in [0.15, 0.2) is 0 Å². The van der Waals surface area contributed by atoms with Crippen LogP contribution in [0.5, 0.6) is 0 Å². The lowest BCUT2D eigenvalue weighted by Gasteiger charge is -2.25. The lowest BCUT2D eigenvalue weighted by molar-refractivity contribution is -0.192. The van der Waals surface area contributed by atoms with E-state index in [0.717, 1.165) is 39.0 Å². The Morgan fingerprint density at radius 3 is 1.62 bits per heavy atom. The second-order valence-electron chi connectivity index (χ2n) is 7.84. The molecule has 0 amide bonds. The fourth-order valence-electron chi connectivity index (χ4n) is 3.57. The molecule has 1 N–H and O–H groups in total. The first-order chi connectivity index (χ1) is 12.8. The van der Waals surface area contributed by atoms with Crippen LogP contribution < -0.4 is 5.32 Å². The predicted octanol–water partition coefficient (Wildman–Crippen LogP) is 5.61. The van der Waals surface area contributed by atoms with Crippen molar-refractivity contribution >= 4 is 5.97 Å². The first-order valence-corrected chi connectivity index (χ1v) is 11.5. The third-order valence-corrected chi connectivity index (χ3v) is 5.29. The number of nitrogens with one attached hydrogen (secondary N) is 1. The van der Waals surface area contributed by atoms with Gasteiger partial charge in [-0.1, -0.05) is 96.8 Å². The molecular formula is C22H44N2O2. The van der Waals surface area contributed by atoms with Crippen LogP contribution in [0, 0.1) is 0 Å². The van der Waals surface area contributed by atoms with E-state index in [1.807, 2.05) is 0 Å². The summed E-state index contributed by atoms with van der Waals surface area (Å²) in [6.07, 6.45) is 20.8. The SMILES string of the molecule is CCCCCCCCCCCCCCCCCC(=O)ON1CCNCC1. The van der Waals surface area contributed by atoms with E-state index >= 15 is 0 Å². The van der Waals surface area contributed by atoms with Gasteiger partial charge in [-0.15, -0.1) is 5.06 Å². The molecule has 1 aliphatic heterocycles. The van der Waals surface area contributed by atoms with Crippen molar-refractivity contribution in [2.24, 2.45) is 0 Å². The smallest absolute Gasteiger partial charge is 0.325 e. The van der Waals surface area contributed by atoms with Crippen LogP contribution in [-0.2, 0) is 9.63 Å². The quantitative estimate of drug-likeness (QED) is 0.339. The van der Waals surface area contributed by atoms with Crippen LogP contribution in [0.4, 0.5) is 0 Å². The molecule has 1 fully saturated rings. The van der Waals surface area contributed by atoms with Gasteiger partial charge in [-0.3, -0.25) is 4.79 Å². The molecule has 0 radical (unpaired) electrons. The highest BCUT2D eigenvalue weighted by Crippen LogP contribution is 2.14. The summed E-state index contributed by atoms with van der Waals surface area (Å²) >= 11 is 0. The number of piperazine rings is 1. The zero-order valence-corrected chi connectivity index (χ0v) is 17.4. The monoisotopic (exact) mass is 368 g/mol. The van der Waals surface area contributed by atoms with Crippen molar-refractivity contribution in [3.8, 4) is 0 Å². The second kappa shape index (κ2) is 17.8. The Hall–Kier alpha value is -0.610. The maximum Gasteiger partial charge on any atom is 0.325 e. The standard InChI is InChI=1S/C22H44N2O2/c1-2-3-4-5-6-7-8-9-10-11-12-13-14-15-16-17-22(25)26-24-20-18-23-19-21-24/h23H,2-21H2,1H3. The highest BCUT2D eigenvalue weighted by atomic mass is 16.7. The number of nitrogens with zero attached hydrogens (tertiary/aromatic N) is 1. The van der Waals surface area contributed by atoms with Crippen LogP contribution in [-0.4, -0.2) is 37.2 Å². The Labute approximate surface area is 162 Å². The van der Waals surface area contributed by atoms with E-state index in [1.54, 1.807) is 5.06 Å². The molecular weight excluding hydrogens is 324 g/mol. The van der Waals surface area contributed by atoms with Crippen molar-refractivity contribution in [2.75, 3.05) is 26.2 Å². The molecule has 1 rings (SSSR count). The Morgan fingerprint density at radius 1 is 0.731 bits per heavy atom. The molecule has 0 aromatic carbocycles. The molecule has 0 aromatic heterocycles. The minimum Gasteiger partial charge on any atom is -0.368 e. The maximum absolute atomic E-state index is 11.8. The van der Waals surface area contributed by atoms with Gasteiger partial charge < -0.3 is 10.2 Å². The van der Waals surface area contributed by atoms with Crippen molar-refractivity contribution in [2.45, 2.75) is 110 Å². The molecule has 0 bridgehead atoms. The predicted molar refractivity (Wildman–Crippen MR) is 110 cm³/mol. The van der Waals surface area contributed by atoms with E-state index < -0.39 is 0 Å². The van der Waals surface area contributed by atoms with E-state index in [1.165, 1.54) is 83.5 Å². The highest BCUT2D eigenvalue weighted by Gasteiger charge is 2.14. The molecule has 0 aromatic rings. The van der Waals surface area contributed by atoms with Crippen LogP contribution in [0.1, 0.15) is 110 Å². The third kappa shape index (κ3) is 14.5. The topological polar surface area (TPSA) is 41.6 Å². The molecule has 0 aliphatic carbocycles. The Balaban J connectivity index is 1.73. The number of carbonyl (C=O) groups is 1. The fraction of sp³-hybridized carbons (Fsp3) is 0.955. The summed E-state index contributed by atoms with van der Waals surface area (Å²) in [5.41, 5.74) is 0. The average molecular weight is 369 g/mol. The van der Waals surface area contributed by atoms with Crippen molar-refractivity contribution < 1.29 is 9.63 Å². The molecule has 0 spiro atoms. The van der Waals surface area contributed by atoms with E-state index in [-0.39, 0.29) is 5.97 Å². The third-order valence-electron chi connectivity index (χ3n) is 5.29. The lowest BCUT2D eigenvalue weighted by Crippen LogP contribution is -2.44. The highest BCUT2D eigenvalue weighted by molar-refractivity contribution is 5.68. The van der Waals surface area contributed by atoms with Crippen molar-refractivity contribution in [3.05, 3.63) is 0 Å². The number of carbonyl (C=O) groups excluding carboxylic acids is 1. The number of hydrogen-bond acceptors (Lipinski definition) is 4. The first kappa shape index (κ1) is 23.4. The van der Waals surface area contributed by atoms with E-state index in [2.05, 4.69) is 12.2 Å². The summed E-state index contributed by atoms with van der Waals surface area (Å²) in [5, 5.41) is 5.05. The number of hydroxylamine groups is 2. The van der Waals surface area contributed by atoms with Crippen molar-refractivity contribution in [1.82, 2.24) is 10.4 Å². The van der Waals surface area contributed by atoms with E-state index in [0.29, 0.717) is 6.42 Å². The zero-order chi connectivity index (χ0) is 18.7. The molecule has 154 valence electrons. The minimum atomic E-state index is -0.0541. The van der Waals surface area contributed by atoms with Gasteiger partial charge in [-0.05, 0) is 6.42 Å². The Morgan fingerprint density at radius 2 is 1.15 bits per heavy atom. The zero-order valence-electron chi connectivity index (χ0n) is 17.4. The van der Waals surface area contributed by atoms with Gasteiger partial charge >= 0.3 is 5.97 Å². The maximum atomic E-state index is 11.8. The normalized spacial score (nSPS) is 15.3. The Bertz CT molecular complexity index is 317. The molecule has 4 heteroatoms. The van der Waals surface area contributed by atoms with Gasteiger partial charge in [0.25, 0.3) is 0 Å².